The molecule has 1 saturated heterocycles. The number of thiazole rings is 1. The van der Waals surface area contributed by atoms with Crippen molar-refractivity contribution in [2.45, 2.75) is 25.4 Å². The second-order valence-electron chi connectivity index (χ2n) is 6.02. The topological polar surface area (TPSA) is 53.9 Å². The van der Waals surface area contributed by atoms with E-state index in [2.05, 4.69) is 32.3 Å². The Morgan fingerprint density at radius 2 is 2.04 bits per heavy atom. The van der Waals surface area contributed by atoms with Crippen LogP contribution in [-0.2, 0) is 6.54 Å². The van der Waals surface area contributed by atoms with E-state index in [1.54, 1.807) is 6.20 Å². The summed E-state index contributed by atoms with van der Waals surface area (Å²) >= 11 is 7.52. The first kappa shape index (κ1) is 16.4. The van der Waals surface area contributed by atoms with Crippen molar-refractivity contribution in [3.63, 3.8) is 0 Å². The summed E-state index contributed by atoms with van der Waals surface area (Å²) in [6.07, 6.45) is 5.87. The average Bonchev–Trinajstić information content (AvgIpc) is 3.29. The molecule has 128 valence electrons. The van der Waals surface area contributed by atoms with Crippen LogP contribution in [0.15, 0.2) is 48.1 Å². The minimum absolute atomic E-state index is 0.315. The van der Waals surface area contributed by atoms with Gasteiger partial charge < -0.3 is 5.32 Å². The van der Waals surface area contributed by atoms with E-state index in [0.717, 1.165) is 35.4 Å². The van der Waals surface area contributed by atoms with Crippen LogP contribution in [0.25, 0.3) is 0 Å². The number of benzene rings is 1. The van der Waals surface area contributed by atoms with Crippen molar-refractivity contribution < 1.29 is 0 Å². The Bertz CT molecular complexity index is 822. The number of aromatic nitrogens is 3. The summed E-state index contributed by atoms with van der Waals surface area (Å²) in [5, 5.41) is 6.68. The monoisotopic (exact) mass is 371 g/mol. The zero-order chi connectivity index (χ0) is 17.1. The Morgan fingerprint density at radius 3 is 2.84 bits per heavy atom. The highest BCUT2D eigenvalue weighted by Gasteiger charge is 2.27. The van der Waals surface area contributed by atoms with Gasteiger partial charge in [0.1, 0.15) is 0 Å². The van der Waals surface area contributed by atoms with Gasteiger partial charge in [-0.25, -0.2) is 15.0 Å². The maximum Gasteiger partial charge on any atom is 0.229 e. The fourth-order valence-electron chi connectivity index (χ4n) is 3.17. The minimum atomic E-state index is 0.315. The second-order valence-corrected chi connectivity index (χ2v) is 7.35. The van der Waals surface area contributed by atoms with Gasteiger partial charge in [-0.05, 0) is 43.1 Å². The summed E-state index contributed by atoms with van der Waals surface area (Å²) in [6, 6.07) is 10.4. The Hall–Kier alpha value is -2.02. The Kier molecular flexibility index (Phi) is 4.92. The van der Waals surface area contributed by atoms with E-state index in [1.807, 2.05) is 29.8 Å². The Morgan fingerprint density at radius 1 is 1.16 bits per heavy atom. The van der Waals surface area contributed by atoms with Gasteiger partial charge in [0.05, 0.1) is 11.7 Å². The third kappa shape index (κ3) is 3.98. The first-order valence-corrected chi connectivity index (χ1v) is 9.52. The number of nitrogens with zero attached hydrogens (tertiary/aromatic N) is 4. The van der Waals surface area contributed by atoms with E-state index < -0.39 is 0 Å². The van der Waals surface area contributed by atoms with E-state index in [0.29, 0.717) is 12.0 Å². The van der Waals surface area contributed by atoms with Gasteiger partial charge in [0.25, 0.3) is 0 Å². The zero-order valence-electron chi connectivity index (χ0n) is 13.6. The van der Waals surface area contributed by atoms with Crippen LogP contribution in [0.2, 0.25) is 5.02 Å². The van der Waals surface area contributed by atoms with Crippen LogP contribution in [0.4, 0.5) is 11.1 Å². The predicted molar refractivity (Wildman–Crippen MR) is 101 cm³/mol. The summed E-state index contributed by atoms with van der Waals surface area (Å²) in [4.78, 5) is 15.7. The van der Waals surface area contributed by atoms with E-state index in [1.165, 1.54) is 23.3 Å². The summed E-state index contributed by atoms with van der Waals surface area (Å²) in [6.45, 7) is 1.98. The molecule has 7 heteroatoms. The average molecular weight is 372 g/mol. The number of hydrogen-bond donors (Lipinski definition) is 1. The molecule has 1 atom stereocenters. The number of nitrogens with one attached hydrogen (secondary N) is 1. The molecule has 4 rings (SSSR count). The molecule has 1 aliphatic rings. The van der Waals surface area contributed by atoms with Gasteiger partial charge in [-0.1, -0.05) is 23.7 Å². The summed E-state index contributed by atoms with van der Waals surface area (Å²) in [5.41, 5.74) is 2.33. The van der Waals surface area contributed by atoms with Gasteiger partial charge in [0, 0.05) is 29.3 Å². The number of anilines is 2. The summed E-state index contributed by atoms with van der Waals surface area (Å²) in [7, 11) is 0. The van der Waals surface area contributed by atoms with Gasteiger partial charge in [0.15, 0.2) is 5.13 Å². The van der Waals surface area contributed by atoms with Crippen LogP contribution in [0.3, 0.4) is 0 Å². The van der Waals surface area contributed by atoms with Crippen LogP contribution in [0.1, 0.15) is 30.1 Å². The summed E-state index contributed by atoms with van der Waals surface area (Å²) < 4.78 is 0. The molecule has 0 bridgehead atoms. The molecule has 0 aliphatic carbocycles. The van der Waals surface area contributed by atoms with Crippen molar-refractivity contribution >= 4 is 34.0 Å². The van der Waals surface area contributed by atoms with Gasteiger partial charge >= 0.3 is 0 Å². The predicted octanol–water partition coefficient (Wildman–Crippen LogP) is 4.67. The molecule has 5 nitrogen and oxygen atoms in total. The molecule has 1 fully saturated rings. The Balaban J connectivity index is 1.50. The van der Waals surface area contributed by atoms with Crippen molar-refractivity contribution in [3.05, 3.63) is 64.4 Å². The third-order valence-electron chi connectivity index (χ3n) is 4.33. The van der Waals surface area contributed by atoms with Crippen molar-refractivity contribution in [2.75, 3.05) is 11.9 Å². The quantitative estimate of drug-likeness (QED) is 0.706. The van der Waals surface area contributed by atoms with E-state index in [4.69, 9.17) is 16.6 Å². The van der Waals surface area contributed by atoms with Gasteiger partial charge in [-0.15, -0.1) is 11.3 Å². The van der Waals surface area contributed by atoms with Crippen LogP contribution in [-0.4, -0.2) is 26.4 Å². The lowest BCUT2D eigenvalue weighted by Gasteiger charge is -2.24. The van der Waals surface area contributed by atoms with Crippen molar-refractivity contribution in [2.24, 2.45) is 0 Å². The fraction of sp³-hybridized carbons (Fsp3) is 0.278. The highest BCUT2D eigenvalue weighted by Crippen LogP contribution is 2.32. The van der Waals surface area contributed by atoms with Gasteiger partial charge in [-0.2, -0.15) is 0 Å². The normalized spacial score (nSPS) is 17.7. The van der Waals surface area contributed by atoms with Crippen LogP contribution in [0, 0.1) is 0 Å². The second kappa shape index (κ2) is 7.47. The molecular formula is C18H18ClN5S. The molecule has 0 saturated carbocycles. The molecule has 3 heterocycles. The van der Waals surface area contributed by atoms with Gasteiger partial charge in [0.2, 0.25) is 5.95 Å². The lowest BCUT2D eigenvalue weighted by molar-refractivity contribution is 0.244. The number of hydrogen-bond acceptors (Lipinski definition) is 6. The van der Waals surface area contributed by atoms with Gasteiger partial charge in [-0.3, -0.25) is 4.90 Å². The molecular weight excluding hydrogens is 354 g/mol. The lowest BCUT2D eigenvalue weighted by Crippen LogP contribution is -2.23. The van der Waals surface area contributed by atoms with Crippen molar-refractivity contribution in [1.29, 1.82) is 0 Å². The highest BCUT2D eigenvalue weighted by atomic mass is 35.5. The maximum atomic E-state index is 5.99. The van der Waals surface area contributed by atoms with E-state index in [9.17, 15) is 0 Å². The number of likely N-dealkylation sites (tertiary alicyclic amines) is 1. The molecule has 1 N–H and O–H groups in total. The summed E-state index contributed by atoms with van der Waals surface area (Å²) in [5.74, 6) is 0.603. The molecule has 1 aromatic carbocycles. The molecule has 3 aromatic rings. The molecule has 25 heavy (non-hydrogen) atoms. The van der Waals surface area contributed by atoms with E-state index in [-0.39, 0.29) is 0 Å². The smallest absolute Gasteiger partial charge is 0.229 e. The first-order valence-electron chi connectivity index (χ1n) is 8.26. The SMILES string of the molecule is Clc1ccc(CN2CCCC2c2ccnc(Nc3nccs3)n2)cc1. The Labute approximate surface area is 155 Å². The van der Waals surface area contributed by atoms with E-state index >= 15 is 0 Å². The minimum Gasteiger partial charge on any atom is -0.300 e. The standard InChI is InChI=1S/C18H18ClN5S/c19-14-5-3-13(4-6-14)12-24-10-1-2-16(24)15-7-8-20-17(22-15)23-18-21-9-11-25-18/h3-9,11,16H,1-2,10,12H2,(H,20,21,22,23). The van der Waals surface area contributed by atoms with Crippen LogP contribution in [0.5, 0.6) is 0 Å². The molecule has 1 aliphatic heterocycles. The molecule has 2 aromatic heterocycles. The number of halogens is 1. The highest BCUT2D eigenvalue weighted by molar-refractivity contribution is 7.13. The molecule has 0 spiro atoms. The molecule has 0 radical (unpaired) electrons. The molecule has 0 amide bonds. The van der Waals surface area contributed by atoms with Crippen molar-refractivity contribution in [3.8, 4) is 0 Å². The van der Waals surface area contributed by atoms with Crippen LogP contribution >= 0.6 is 22.9 Å². The van der Waals surface area contributed by atoms with Crippen LogP contribution < -0.4 is 5.32 Å². The largest absolute Gasteiger partial charge is 0.300 e. The van der Waals surface area contributed by atoms with Crippen molar-refractivity contribution in [1.82, 2.24) is 19.9 Å². The first-order chi connectivity index (χ1) is 12.3. The maximum absolute atomic E-state index is 5.99. The number of rotatable bonds is 5. The zero-order valence-corrected chi connectivity index (χ0v) is 15.2. The lowest BCUT2D eigenvalue weighted by atomic mass is 10.1. The molecule has 1 unspecified atom stereocenters. The fourth-order valence-corrected chi connectivity index (χ4v) is 3.82. The third-order valence-corrected chi connectivity index (χ3v) is 5.27.